The molecule has 0 spiro atoms. The Balaban J connectivity index is 1.59. The normalized spacial score (nSPS) is 12.8. The van der Waals surface area contributed by atoms with E-state index in [1.165, 1.54) is 42.7 Å². The smallest absolute Gasteiger partial charge is 0.292 e. The van der Waals surface area contributed by atoms with E-state index in [0.29, 0.717) is 5.76 Å². The molecule has 0 saturated carbocycles. The average Bonchev–Trinajstić information content (AvgIpc) is 3.31. The van der Waals surface area contributed by atoms with Gasteiger partial charge >= 0.3 is 0 Å². The van der Waals surface area contributed by atoms with Crippen molar-refractivity contribution in [2.75, 3.05) is 5.32 Å². The predicted molar refractivity (Wildman–Crippen MR) is 100 cm³/mol. The molecule has 1 N–H and O–H groups in total. The van der Waals surface area contributed by atoms with Crippen LogP contribution in [-0.4, -0.2) is 27.5 Å². The molecule has 0 aliphatic carbocycles. The second-order valence-electron chi connectivity index (χ2n) is 6.26. The molecule has 3 amide bonds. The molecule has 0 bridgehead atoms. The summed E-state index contributed by atoms with van der Waals surface area (Å²) in [5.74, 6) is -1.20. The second kappa shape index (κ2) is 7.04. The highest BCUT2D eigenvalue weighted by Gasteiger charge is 2.36. The molecule has 9 nitrogen and oxygen atoms in total. The maximum Gasteiger partial charge on any atom is 0.292 e. The SMILES string of the molecule is O=C(Nc1ccccc1[N+](=O)[O-])c1ccc2c(c1)C(=O)N(Cc1ccco1)C2=O. The number of benzene rings is 2. The summed E-state index contributed by atoms with van der Waals surface area (Å²) in [5.41, 5.74) is 0.159. The molecule has 144 valence electrons. The van der Waals surface area contributed by atoms with E-state index in [1.54, 1.807) is 18.2 Å². The number of imide groups is 1. The van der Waals surface area contributed by atoms with Crippen molar-refractivity contribution in [1.29, 1.82) is 0 Å². The highest BCUT2D eigenvalue weighted by atomic mass is 16.6. The number of nitrogens with one attached hydrogen (secondary N) is 1. The number of rotatable bonds is 5. The first-order valence-electron chi connectivity index (χ1n) is 8.53. The Kier molecular flexibility index (Phi) is 4.40. The molecule has 1 aliphatic rings. The molecule has 2 heterocycles. The second-order valence-corrected chi connectivity index (χ2v) is 6.26. The summed E-state index contributed by atoms with van der Waals surface area (Å²) in [6.07, 6.45) is 1.44. The maximum absolute atomic E-state index is 12.7. The lowest BCUT2D eigenvalue weighted by molar-refractivity contribution is -0.383. The van der Waals surface area contributed by atoms with Crippen molar-refractivity contribution in [3.63, 3.8) is 0 Å². The fourth-order valence-electron chi connectivity index (χ4n) is 3.07. The summed E-state index contributed by atoms with van der Waals surface area (Å²) in [6.45, 7) is -0.0168. The first-order valence-corrected chi connectivity index (χ1v) is 8.53. The third-order valence-electron chi connectivity index (χ3n) is 4.48. The van der Waals surface area contributed by atoms with Gasteiger partial charge in [-0.05, 0) is 36.4 Å². The fraction of sp³-hybridized carbons (Fsp3) is 0.0500. The minimum absolute atomic E-state index is 0.0168. The number of para-hydroxylation sites is 2. The van der Waals surface area contributed by atoms with E-state index in [4.69, 9.17) is 4.42 Å². The lowest BCUT2D eigenvalue weighted by Crippen LogP contribution is -2.28. The molecule has 0 radical (unpaired) electrons. The van der Waals surface area contributed by atoms with Crippen molar-refractivity contribution >= 4 is 29.1 Å². The van der Waals surface area contributed by atoms with E-state index in [0.717, 1.165) is 4.90 Å². The van der Waals surface area contributed by atoms with Gasteiger partial charge < -0.3 is 9.73 Å². The fourth-order valence-corrected chi connectivity index (χ4v) is 3.07. The molecule has 3 aromatic rings. The third kappa shape index (κ3) is 3.25. The number of nitro groups is 1. The lowest BCUT2D eigenvalue weighted by Gasteiger charge is -2.11. The van der Waals surface area contributed by atoms with Gasteiger partial charge in [0.05, 0.1) is 28.9 Å². The first kappa shape index (κ1) is 18.1. The highest BCUT2D eigenvalue weighted by Crippen LogP contribution is 2.27. The third-order valence-corrected chi connectivity index (χ3v) is 4.48. The Labute approximate surface area is 163 Å². The highest BCUT2D eigenvalue weighted by molar-refractivity contribution is 6.22. The van der Waals surface area contributed by atoms with Crippen LogP contribution in [0.2, 0.25) is 0 Å². The number of fused-ring (bicyclic) bond motifs is 1. The van der Waals surface area contributed by atoms with E-state index < -0.39 is 22.6 Å². The lowest BCUT2D eigenvalue weighted by atomic mass is 10.1. The van der Waals surface area contributed by atoms with Gasteiger partial charge in [0.15, 0.2) is 0 Å². The summed E-state index contributed by atoms with van der Waals surface area (Å²) in [7, 11) is 0. The Morgan fingerprint density at radius 2 is 1.79 bits per heavy atom. The topological polar surface area (TPSA) is 123 Å². The number of nitrogens with zero attached hydrogens (tertiary/aromatic N) is 2. The van der Waals surface area contributed by atoms with Crippen LogP contribution in [-0.2, 0) is 6.54 Å². The van der Waals surface area contributed by atoms with Crippen molar-refractivity contribution < 1.29 is 23.7 Å². The monoisotopic (exact) mass is 391 g/mol. The number of amides is 3. The molecule has 9 heteroatoms. The number of carbonyl (C=O) groups excluding carboxylic acids is 3. The molecule has 0 fully saturated rings. The molecular weight excluding hydrogens is 378 g/mol. The summed E-state index contributed by atoms with van der Waals surface area (Å²) in [4.78, 5) is 49.3. The standard InChI is InChI=1S/C20H13N3O6/c24-18(21-16-5-1-2-6-17(16)23(27)28)12-7-8-14-15(10-12)20(26)22(19(14)25)11-13-4-3-9-29-13/h1-10H,11H2,(H,21,24). The van der Waals surface area contributed by atoms with Gasteiger partial charge in [0.2, 0.25) is 0 Å². The van der Waals surface area contributed by atoms with E-state index in [9.17, 15) is 24.5 Å². The van der Waals surface area contributed by atoms with E-state index in [-0.39, 0.29) is 34.6 Å². The summed E-state index contributed by atoms with van der Waals surface area (Å²) in [5, 5.41) is 13.6. The van der Waals surface area contributed by atoms with Gasteiger partial charge in [-0.15, -0.1) is 0 Å². The van der Waals surface area contributed by atoms with Crippen LogP contribution < -0.4 is 5.32 Å². The van der Waals surface area contributed by atoms with Gasteiger partial charge in [-0.25, -0.2) is 0 Å². The van der Waals surface area contributed by atoms with E-state index >= 15 is 0 Å². The molecule has 4 rings (SSSR count). The molecule has 0 unspecified atom stereocenters. The van der Waals surface area contributed by atoms with Crippen molar-refractivity contribution in [3.8, 4) is 0 Å². The van der Waals surface area contributed by atoms with Crippen LogP contribution in [0.1, 0.15) is 36.8 Å². The predicted octanol–water partition coefficient (Wildman–Crippen LogP) is 3.24. The van der Waals surface area contributed by atoms with Gasteiger partial charge in [0, 0.05) is 11.6 Å². The van der Waals surface area contributed by atoms with Crippen molar-refractivity contribution in [2.45, 2.75) is 6.54 Å². The van der Waals surface area contributed by atoms with Crippen LogP contribution in [0, 0.1) is 10.1 Å². The van der Waals surface area contributed by atoms with Crippen LogP contribution in [0.5, 0.6) is 0 Å². The van der Waals surface area contributed by atoms with Crippen LogP contribution in [0.3, 0.4) is 0 Å². The largest absolute Gasteiger partial charge is 0.467 e. The zero-order chi connectivity index (χ0) is 20.5. The number of carbonyl (C=O) groups is 3. The Morgan fingerprint density at radius 1 is 1.03 bits per heavy atom. The Hall–Kier alpha value is -4.27. The number of anilines is 1. The summed E-state index contributed by atoms with van der Waals surface area (Å²) in [6, 6.07) is 13.1. The van der Waals surface area contributed by atoms with Crippen LogP contribution >= 0.6 is 0 Å². The van der Waals surface area contributed by atoms with Gasteiger partial charge in [-0.2, -0.15) is 0 Å². The van der Waals surface area contributed by atoms with Crippen molar-refractivity contribution in [3.05, 3.63) is 93.4 Å². The summed E-state index contributed by atoms with van der Waals surface area (Å²) >= 11 is 0. The average molecular weight is 391 g/mol. The quantitative estimate of drug-likeness (QED) is 0.405. The van der Waals surface area contributed by atoms with Gasteiger partial charge in [-0.3, -0.25) is 29.4 Å². The van der Waals surface area contributed by atoms with Crippen LogP contribution in [0.15, 0.2) is 65.3 Å². The van der Waals surface area contributed by atoms with Gasteiger partial charge in [-0.1, -0.05) is 12.1 Å². The zero-order valence-corrected chi connectivity index (χ0v) is 14.8. The van der Waals surface area contributed by atoms with Crippen molar-refractivity contribution in [1.82, 2.24) is 4.90 Å². The van der Waals surface area contributed by atoms with Crippen LogP contribution in [0.25, 0.3) is 0 Å². The minimum Gasteiger partial charge on any atom is -0.467 e. The molecule has 0 atom stereocenters. The molecule has 2 aromatic carbocycles. The number of hydrogen-bond donors (Lipinski definition) is 1. The van der Waals surface area contributed by atoms with E-state index in [2.05, 4.69) is 5.32 Å². The zero-order valence-electron chi connectivity index (χ0n) is 14.8. The van der Waals surface area contributed by atoms with Crippen molar-refractivity contribution in [2.24, 2.45) is 0 Å². The number of hydrogen-bond acceptors (Lipinski definition) is 6. The molecule has 1 aromatic heterocycles. The Morgan fingerprint density at radius 3 is 2.52 bits per heavy atom. The number of nitro benzene ring substituents is 1. The molecular formula is C20H13N3O6. The summed E-state index contributed by atoms with van der Waals surface area (Å²) < 4.78 is 5.18. The van der Waals surface area contributed by atoms with Crippen LogP contribution in [0.4, 0.5) is 11.4 Å². The van der Waals surface area contributed by atoms with Gasteiger partial charge in [0.1, 0.15) is 11.4 Å². The maximum atomic E-state index is 12.7. The Bertz CT molecular complexity index is 1150. The molecule has 29 heavy (non-hydrogen) atoms. The first-order chi connectivity index (χ1) is 14.0. The molecule has 0 saturated heterocycles. The van der Waals surface area contributed by atoms with Gasteiger partial charge in [0.25, 0.3) is 23.4 Å². The molecule has 1 aliphatic heterocycles. The minimum atomic E-state index is -0.633. The number of furan rings is 1. The van der Waals surface area contributed by atoms with E-state index in [1.807, 2.05) is 0 Å².